The average Bonchev–Trinajstić information content (AvgIpc) is 2.76. The van der Waals surface area contributed by atoms with Crippen LogP contribution >= 0.6 is 0 Å². The Balaban J connectivity index is 1.80. The molecule has 1 spiro atoms. The van der Waals surface area contributed by atoms with Crippen LogP contribution in [0.25, 0.3) is 0 Å². The van der Waals surface area contributed by atoms with Crippen molar-refractivity contribution in [2.24, 2.45) is 34.0 Å². The number of aliphatic carboxylic acids is 1. The van der Waals surface area contributed by atoms with Crippen molar-refractivity contribution in [2.75, 3.05) is 0 Å². The summed E-state index contributed by atoms with van der Waals surface area (Å²) in [5, 5.41) is 10.0. The van der Waals surface area contributed by atoms with Crippen LogP contribution in [0.3, 0.4) is 0 Å². The molecule has 0 amide bonds. The number of fused-ring (bicyclic) bond motifs is 3. The summed E-state index contributed by atoms with van der Waals surface area (Å²) in [5.41, 5.74) is 0.729. The zero-order valence-corrected chi connectivity index (χ0v) is 16.3. The maximum absolute atomic E-state index is 12.2. The fourth-order valence-electron chi connectivity index (χ4n) is 8.02. The SMILES string of the molecule is C=C1C[C@@]23CC[C@H]4[C@@](C)(CCC[C@]4(C)C(=O)O)[C@@H]2[C@@H](OC(C)=O)C[C@@H]1C3. The van der Waals surface area contributed by atoms with Gasteiger partial charge in [-0.05, 0) is 74.5 Å². The topological polar surface area (TPSA) is 63.6 Å². The molecule has 0 aliphatic heterocycles. The molecule has 0 saturated heterocycles. The second-order valence-electron chi connectivity index (χ2n) is 10.1. The van der Waals surface area contributed by atoms with Crippen LogP contribution in [0.2, 0.25) is 0 Å². The van der Waals surface area contributed by atoms with Gasteiger partial charge in [0.05, 0.1) is 5.41 Å². The lowest BCUT2D eigenvalue weighted by atomic mass is 9.40. The predicted octanol–water partition coefficient (Wildman–Crippen LogP) is 4.58. The monoisotopic (exact) mass is 360 g/mol. The molecule has 144 valence electrons. The van der Waals surface area contributed by atoms with E-state index in [1.165, 1.54) is 12.5 Å². The second kappa shape index (κ2) is 5.59. The number of hydrogen-bond acceptors (Lipinski definition) is 3. The van der Waals surface area contributed by atoms with Gasteiger partial charge in [-0.2, -0.15) is 0 Å². The number of carbonyl (C=O) groups is 2. The Kier molecular flexibility index (Phi) is 3.88. The number of carboxylic acid groups (broad SMARTS) is 1. The molecule has 0 unspecified atom stereocenters. The Hall–Kier alpha value is -1.32. The first-order valence-electron chi connectivity index (χ1n) is 10.2. The van der Waals surface area contributed by atoms with Gasteiger partial charge in [-0.1, -0.05) is 25.5 Å². The third-order valence-corrected chi connectivity index (χ3v) is 8.78. The molecule has 0 radical (unpaired) electrons. The van der Waals surface area contributed by atoms with E-state index in [2.05, 4.69) is 13.5 Å². The first kappa shape index (κ1) is 18.1. The lowest BCUT2D eigenvalue weighted by molar-refractivity contribution is -0.209. The molecule has 1 N–H and O–H groups in total. The van der Waals surface area contributed by atoms with Gasteiger partial charge in [0.25, 0.3) is 0 Å². The van der Waals surface area contributed by atoms with Crippen molar-refractivity contribution in [3.8, 4) is 0 Å². The molecule has 0 aromatic carbocycles. The van der Waals surface area contributed by atoms with E-state index in [1.807, 2.05) is 6.92 Å². The molecule has 0 heterocycles. The maximum Gasteiger partial charge on any atom is 0.309 e. The number of rotatable bonds is 2. The fraction of sp³-hybridized carbons (Fsp3) is 0.818. The number of esters is 1. The minimum atomic E-state index is -0.665. The van der Waals surface area contributed by atoms with Gasteiger partial charge < -0.3 is 9.84 Å². The molecule has 4 fully saturated rings. The van der Waals surface area contributed by atoms with Crippen LogP contribution in [-0.4, -0.2) is 23.1 Å². The predicted molar refractivity (Wildman–Crippen MR) is 98.4 cm³/mol. The normalized spacial score (nSPS) is 49.9. The Morgan fingerprint density at radius 3 is 2.62 bits per heavy atom. The Bertz CT molecular complexity index is 669. The molecule has 2 bridgehead atoms. The number of allylic oxidation sites excluding steroid dienone is 1. The highest BCUT2D eigenvalue weighted by Crippen LogP contribution is 2.72. The minimum Gasteiger partial charge on any atom is -0.481 e. The molecule has 0 aromatic rings. The lowest BCUT2D eigenvalue weighted by Crippen LogP contribution is -2.62. The van der Waals surface area contributed by atoms with Crippen LogP contribution in [-0.2, 0) is 14.3 Å². The highest BCUT2D eigenvalue weighted by molar-refractivity contribution is 5.75. The maximum atomic E-state index is 12.2. The van der Waals surface area contributed by atoms with E-state index in [0.717, 1.165) is 51.4 Å². The fourth-order valence-corrected chi connectivity index (χ4v) is 8.02. The lowest BCUT2D eigenvalue weighted by Gasteiger charge is -2.64. The molecule has 4 saturated carbocycles. The average molecular weight is 360 g/mol. The Morgan fingerprint density at radius 1 is 1.23 bits per heavy atom. The van der Waals surface area contributed by atoms with Gasteiger partial charge >= 0.3 is 11.9 Å². The minimum absolute atomic E-state index is 0.0840. The van der Waals surface area contributed by atoms with Crippen LogP contribution in [0.5, 0.6) is 0 Å². The van der Waals surface area contributed by atoms with Gasteiger partial charge in [0, 0.05) is 12.8 Å². The molecule has 4 rings (SSSR count). The smallest absolute Gasteiger partial charge is 0.309 e. The summed E-state index contributed by atoms with van der Waals surface area (Å²) in [6.07, 6.45) is 7.74. The van der Waals surface area contributed by atoms with Crippen molar-refractivity contribution in [3.05, 3.63) is 12.2 Å². The first-order chi connectivity index (χ1) is 12.1. The van der Waals surface area contributed by atoms with Gasteiger partial charge in [-0.3, -0.25) is 9.59 Å². The third-order valence-electron chi connectivity index (χ3n) is 8.78. The van der Waals surface area contributed by atoms with Crippen LogP contribution < -0.4 is 0 Å². The van der Waals surface area contributed by atoms with E-state index >= 15 is 0 Å². The first-order valence-corrected chi connectivity index (χ1v) is 10.2. The van der Waals surface area contributed by atoms with E-state index in [1.54, 1.807) is 0 Å². The zero-order valence-electron chi connectivity index (χ0n) is 16.3. The summed E-state index contributed by atoms with van der Waals surface area (Å²) >= 11 is 0. The van der Waals surface area contributed by atoms with E-state index in [9.17, 15) is 14.7 Å². The third kappa shape index (κ3) is 2.26. The van der Waals surface area contributed by atoms with Gasteiger partial charge in [-0.15, -0.1) is 0 Å². The van der Waals surface area contributed by atoms with Crippen molar-refractivity contribution < 1.29 is 19.4 Å². The molecule has 4 aliphatic carbocycles. The summed E-state index contributed by atoms with van der Waals surface area (Å²) < 4.78 is 5.90. The standard InChI is InChI=1S/C22H32O4/c1-13-11-22-9-6-17-20(3,7-5-8-21(17,4)19(24)25)18(22)16(26-14(2)23)10-15(13)12-22/h15-18H,1,5-12H2,2-4H3,(H,24,25)/t15-,16+,17+,18+,20-,21+,22-/m1/s1. The van der Waals surface area contributed by atoms with E-state index < -0.39 is 11.4 Å². The molecule has 4 nitrogen and oxygen atoms in total. The van der Waals surface area contributed by atoms with Crippen molar-refractivity contribution in [2.45, 2.75) is 78.2 Å². The summed E-state index contributed by atoms with van der Waals surface area (Å²) in [6.45, 7) is 10.1. The van der Waals surface area contributed by atoms with Crippen molar-refractivity contribution in [1.82, 2.24) is 0 Å². The summed E-state index contributed by atoms with van der Waals surface area (Å²) in [6, 6.07) is 0. The molecule has 7 atom stereocenters. The van der Waals surface area contributed by atoms with Crippen LogP contribution in [0, 0.1) is 34.0 Å². The molecular formula is C22H32O4. The van der Waals surface area contributed by atoms with Crippen molar-refractivity contribution in [3.63, 3.8) is 0 Å². The Labute approximate surface area is 156 Å². The molecule has 4 aliphatic rings. The van der Waals surface area contributed by atoms with Gasteiger partial charge in [0.15, 0.2) is 0 Å². The Morgan fingerprint density at radius 2 is 1.96 bits per heavy atom. The number of hydrogen-bond donors (Lipinski definition) is 1. The molecule has 26 heavy (non-hydrogen) atoms. The zero-order chi connectivity index (χ0) is 18.9. The van der Waals surface area contributed by atoms with E-state index in [4.69, 9.17) is 4.74 Å². The van der Waals surface area contributed by atoms with Crippen molar-refractivity contribution >= 4 is 11.9 Å². The quantitative estimate of drug-likeness (QED) is 0.578. The van der Waals surface area contributed by atoms with Gasteiger partial charge in [0.2, 0.25) is 0 Å². The van der Waals surface area contributed by atoms with Gasteiger partial charge in [-0.25, -0.2) is 0 Å². The number of ether oxygens (including phenoxy) is 1. The van der Waals surface area contributed by atoms with E-state index in [-0.39, 0.29) is 34.7 Å². The highest BCUT2D eigenvalue weighted by Gasteiger charge is 2.68. The summed E-state index contributed by atoms with van der Waals surface area (Å²) in [7, 11) is 0. The van der Waals surface area contributed by atoms with E-state index in [0.29, 0.717) is 5.92 Å². The highest BCUT2D eigenvalue weighted by atomic mass is 16.5. The van der Waals surface area contributed by atoms with Crippen molar-refractivity contribution in [1.29, 1.82) is 0 Å². The van der Waals surface area contributed by atoms with Gasteiger partial charge in [0.1, 0.15) is 6.10 Å². The summed E-state index contributed by atoms with van der Waals surface area (Å²) in [4.78, 5) is 24.1. The largest absolute Gasteiger partial charge is 0.481 e. The molecule has 0 aromatic heterocycles. The van der Waals surface area contributed by atoms with Crippen LogP contribution in [0.4, 0.5) is 0 Å². The number of carboxylic acids is 1. The molecule has 4 heteroatoms. The van der Waals surface area contributed by atoms with Crippen LogP contribution in [0.1, 0.15) is 72.1 Å². The second-order valence-corrected chi connectivity index (χ2v) is 10.1. The summed E-state index contributed by atoms with van der Waals surface area (Å²) in [5.74, 6) is 0.00944. The molecular weight excluding hydrogens is 328 g/mol. The van der Waals surface area contributed by atoms with Crippen LogP contribution in [0.15, 0.2) is 12.2 Å². The number of carbonyl (C=O) groups excluding carboxylic acids is 1.